The highest BCUT2D eigenvalue weighted by Crippen LogP contribution is 2.49. The van der Waals surface area contributed by atoms with Crippen LogP contribution in [0.2, 0.25) is 0 Å². The van der Waals surface area contributed by atoms with E-state index in [4.69, 9.17) is 0 Å². The van der Waals surface area contributed by atoms with Gasteiger partial charge in [-0.2, -0.15) is 0 Å². The number of fused-ring (bicyclic) bond motifs is 4. The van der Waals surface area contributed by atoms with Gasteiger partial charge in [-0.1, -0.05) is 328 Å². The van der Waals surface area contributed by atoms with Crippen molar-refractivity contribution in [3.8, 4) is 22.3 Å². The predicted octanol–water partition coefficient (Wildman–Crippen LogP) is 15.3. The maximum atomic E-state index is 2.62. The highest BCUT2D eigenvalue weighted by molar-refractivity contribution is 7.20. The van der Waals surface area contributed by atoms with Gasteiger partial charge in [0.25, 0.3) is 6.71 Å². The second kappa shape index (κ2) is 24.9. The van der Waals surface area contributed by atoms with Crippen molar-refractivity contribution in [3.63, 3.8) is 0 Å². The summed E-state index contributed by atoms with van der Waals surface area (Å²) in [6.45, 7) is -0.208. The molecule has 0 N–H and O–H groups in total. The molecule has 0 unspecified atom stereocenters. The monoisotopic (exact) mass is 1260 g/mol. The quantitative estimate of drug-likeness (QED) is 0.0748. The Balaban J connectivity index is 1.00. The van der Waals surface area contributed by atoms with Gasteiger partial charge in [-0.25, -0.2) is 0 Å². The van der Waals surface area contributed by atoms with Crippen LogP contribution in [0.5, 0.6) is 0 Å². The van der Waals surface area contributed by atoms with Gasteiger partial charge < -0.3 is 14.7 Å². The van der Waals surface area contributed by atoms with Crippen LogP contribution in [0.1, 0.15) is 0 Å². The van der Waals surface area contributed by atoms with Crippen molar-refractivity contribution in [3.05, 3.63) is 400 Å². The second-order valence-corrected chi connectivity index (χ2v) is 32.7. The number of anilines is 9. The van der Waals surface area contributed by atoms with E-state index in [1.165, 1.54) is 74.6 Å². The molecule has 0 saturated heterocycles. The minimum absolute atomic E-state index is 0.208. The van der Waals surface area contributed by atoms with Crippen LogP contribution in [-0.4, -0.2) is 22.9 Å². The van der Waals surface area contributed by atoms with Crippen LogP contribution >= 0.6 is 0 Å². The van der Waals surface area contributed by atoms with Crippen molar-refractivity contribution in [2.75, 3.05) is 14.7 Å². The SMILES string of the molecule is c1ccc(-c2ccc(N3c4cc([Si](c5ccccc5)(c5ccccc5)c5ccccc5)ccc4B4c5cc(-c6ccccc6)ccc5N(c5cccc([Si](c6ccccc6)(c6ccccc6)c6ccccc6)c5)c5cc(N(c6ccccc6)c6ccccc6)cc3c54)cc2)cc1. The average molecular weight is 1260 g/mol. The number of para-hydroxylation sites is 2. The number of benzene rings is 15. The number of hydrogen-bond acceptors (Lipinski definition) is 3. The van der Waals surface area contributed by atoms with E-state index in [2.05, 4.69) is 415 Å². The zero-order chi connectivity index (χ0) is 63.8. The average Bonchev–Trinajstić information content (AvgIpc) is 0.689. The molecule has 15 aromatic rings. The molecule has 0 radical (unpaired) electrons. The van der Waals surface area contributed by atoms with E-state index < -0.39 is 16.1 Å². The Morgan fingerprint density at radius 3 is 1.00 bits per heavy atom. The Morgan fingerprint density at radius 1 is 0.208 bits per heavy atom. The molecular weight excluding hydrogens is 1190 g/mol. The first kappa shape index (κ1) is 58.1. The molecule has 2 aliphatic heterocycles. The molecule has 0 aliphatic carbocycles. The molecule has 2 aliphatic rings. The van der Waals surface area contributed by atoms with E-state index in [0.717, 1.165) is 56.7 Å². The maximum Gasteiger partial charge on any atom is 0.252 e. The van der Waals surface area contributed by atoms with Gasteiger partial charge in [0.05, 0.1) is 5.69 Å². The minimum atomic E-state index is -3.10. The van der Waals surface area contributed by atoms with Crippen LogP contribution in [0.25, 0.3) is 22.3 Å². The summed E-state index contributed by atoms with van der Waals surface area (Å²) in [4.78, 5) is 7.70. The van der Waals surface area contributed by atoms with Crippen molar-refractivity contribution in [1.82, 2.24) is 0 Å². The Bertz CT molecular complexity index is 4980. The third-order valence-corrected chi connectivity index (χ3v) is 29.4. The second-order valence-electron chi connectivity index (χ2n) is 25.1. The summed E-state index contributed by atoms with van der Waals surface area (Å²) in [6.07, 6.45) is 0. The first-order valence-electron chi connectivity index (χ1n) is 33.3. The zero-order valence-electron chi connectivity index (χ0n) is 53.0. The molecular formula is C90H66BN3Si2. The summed E-state index contributed by atoms with van der Waals surface area (Å²) >= 11 is 0. The largest absolute Gasteiger partial charge is 0.311 e. The summed E-state index contributed by atoms with van der Waals surface area (Å²) in [5, 5.41) is 10.6. The predicted molar refractivity (Wildman–Crippen MR) is 413 cm³/mol. The first-order valence-corrected chi connectivity index (χ1v) is 37.3. The summed E-state index contributed by atoms with van der Waals surface area (Å²) in [7, 11) is -6.13. The molecule has 6 heteroatoms. The van der Waals surface area contributed by atoms with Crippen LogP contribution < -0.4 is 72.6 Å². The molecule has 15 aromatic carbocycles. The van der Waals surface area contributed by atoms with Crippen molar-refractivity contribution >= 4 is 132 Å². The summed E-state index contributed by atoms with van der Waals surface area (Å²) < 4.78 is 0. The fourth-order valence-electron chi connectivity index (χ4n) is 15.8. The number of rotatable bonds is 15. The topological polar surface area (TPSA) is 9.72 Å². The molecule has 17 rings (SSSR count). The van der Waals surface area contributed by atoms with Crippen LogP contribution in [0, 0.1) is 0 Å². The smallest absolute Gasteiger partial charge is 0.252 e. The van der Waals surface area contributed by atoms with Gasteiger partial charge >= 0.3 is 0 Å². The van der Waals surface area contributed by atoms with E-state index in [-0.39, 0.29) is 6.71 Å². The van der Waals surface area contributed by atoms with Crippen LogP contribution in [0.15, 0.2) is 400 Å². The Kier molecular flexibility index (Phi) is 15.1. The van der Waals surface area contributed by atoms with Gasteiger partial charge in [-0.05, 0) is 153 Å². The van der Waals surface area contributed by atoms with Crippen molar-refractivity contribution < 1.29 is 0 Å². The van der Waals surface area contributed by atoms with Gasteiger partial charge in [0, 0.05) is 45.5 Å². The van der Waals surface area contributed by atoms with Crippen molar-refractivity contribution in [2.24, 2.45) is 0 Å². The molecule has 0 saturated carbocycles. The lowest BCUT2D eigenvalue weighted by atomic mass is 9.33. The number of nitrogens with zero attached hydrogens (tertiary/aromatic N) is 3. The molecule has 452 valence electrons. The van der Waals surface area contributed by atoms with Crippen molar-refractivity contribution in [2.45, 2.75) is 0 Å². The molecule has 0 spiro atoms. The van der Waals surface area contributed by atoms with Crippen LogP contribution in [0.3, 0.4) is 0 Å². The summed E-state index contributed by atoms with van der Waals surface area (Å²) in [5.74, 6) is 0. The highest BCUT2D eigenvalue weighted by Gasteiger charge is 2.48. The number of hydrogen-bond donors (Lipinski definition) is 0. The molecule has 96 heavy (non-hydrogen) atoms. The lowest BCUT2D eigenvalue weighted by molar-refractivity contribution is 1.23. The van der Waals surface area contributed by atoms with Gasteiger partial charge in [0.2, 0.25) is 0 Å². The van der Waals surface area contributed by atoms with E-state index in [0.29, 0.717) is 0 Å². The molecule has 0 amide bonds. The lowest BCUT2D eigenvalue weighted by Gasteiger charge is -2.46. The molecule has 0 aromatic heterocycles. The standard InChI is InChI=1S/C90H66BN3Si2/c1-11-32-67(33-12-1)69-54-57-73(58-55-69)93-87-66-83(96(79-47-25-8-26-48-79,80-49-27-9-28-50-80)81-51-29-10-30-52-81)59-60-84(87)91-85-62-70(68-34-13-2-14-35-68)56-61-86(85)94(89-65-75(64-88(93)90(89)91)92(71-36-15-3-16-37-71)72-38-17-4-18-39-72)74-40-31-53-82(63-74)95(76-41-19-5-20-42-76,77-43-21-6-22-44-77)78-45-23-7-24-46-78/h1-66H. The molecule has 3 nitrogen and oxygen atoms in total. The molecule has 0 atom stereocenters. The van der Waals surface area contributed by atoms with E-state index in [1.807, 2.05) is 0 Å². The first-order chi connectivity index (χ1) is 47.6. The van der Waals surface area contributed by atoms with E-state index in [9.17, 15) is 0 Å². The van der Waals surface area contributed by atoms with Gasteiger partial charge in [-0.3, -0.25) is 0 Å². The fraction of sp³-hybridized carbons (Fsp3) is 0. The third kappa shape index (κ3) is 9.88. The van der Waals surface area contributed by atoms with Crippen LogP contribution in [-0.2, 0) is 0 Å². The van der Waals surface area contributed by atoms with Crippen molar-refractivity contribution in [1.29, 1.82) is 0 Å². The Labute approximate surface area is 565 Å². The fourth-order valence-corrected chi connectivity index (χ4v) is 25.3. The van der Waals surface area contributed by atoms with Gasteiger partial charge in [0.15, 0.2) is 16.1 Å². The summed E-state index contributed by atoms with van der Waals surface area (Å²) in [5.41, 5.74) is 18.3. The van der Waals surface area contributed by atoms with Gasteiger partial charge in [-0.15, -0.1) is 0 Å². The van der Waals surface area contributed by atoms with Crippen LogP contribution in [0.4, 0.5) is 51.2 Å². The molecule has 0 fully saturated rings. The van der Waals surface area contributed by atoms with E-state index in [1.54, 1.807) is 0 Å². The maximum absolute atomic E-state index is 3.10. The third-order valence-electron chi connectivity index (χ3n) is 19.9. The highest BCUT2D eigenvalue weighted by atomic mass is 28.3. The normalized spacial score (nSPS) is 12.3. The Morgan fingerprint density at radius 2 is 0.562 bits per heavy atom. The minimum Gasteiger partial charge on any atom is -0.311 e. The lowest BCUT2D eigenvalue weighted by Crippen LogP contribution is -2.75. The molecule has 0 bridgehead atoms. The summed E-state index contributed by atoms with van der Waals surface area (Å²) in [6, 6.07) is 150. The van der Waals surface area contributed by atoms with Gasteiger partial charge in [0.1, 0.15) is 0 Å². The molecule has 2 heterocycles. The Hall–Kier alpha value is -11.8. The zero-order valence-corrected chi connectivity index (χ0v) is 55.0. The van der Waals surface area contributed by atoms with E-state index >= 15 is 0 Å².